The Morgan fingerprint density at radius 2 is 2.07 bits per heavy atom. The highest BCUT2D eigenvalue weighted by Crippen LogP contribution is 2.38. The number of aromatic nitrogens is 1. The molecule has 0 aromatic carbocycles. The van der Waals surface area contributed by atoms with Crippen molar-refractivity contribution in [2.45, 2.75) is 82.3 Å². The van der Waals surface area contributed by atoms with Crippen molar-refractivity contribution in [3.63, 3.8) is 0 Å². The molecule has 2 aliphatic heterocycles. The molecule has 2 saturated heterocycles. The van der Waals surface area contributed by atoms with Crippen LogP contribution in [0.25, 0.3) is 6.08 Å². The molecule has 2 fully saturated rings. The monoisotopic (exact) mass is 443 g/mol. The van der Waals surface area contributed by atoms with Crippen LogP contribution >= 0.6 is 0 Å². The Hall–Kier alpha value is -1.10. The van der Waals surface area contributed by atoms with E-state index in [-0.39, 0.29) is 24.0 Å². The number of aliphatic hydroxyl groups excluding tert-OH is 3. The molecule has 1 aromatic rings. The first-order valence-electron chi connectivity index (χ1n) is 10.5. The molecule has 3 heterocycles. The second-order valence-corrected chi connectivity index (χ2v) is 10.1. The molecule has 9 heteroatoms. The van der Waals surface area contributed by atoms with Crippen molar-refractivity contribution in [2.24, 2.45) is 11.8 Å². The van der Waals surface area contributed by atoms with Gasteiger partial charge in [-0.1, -0.05) is 19.4 Å². The second kappa shape index (κ2) is 10.0. The molecule has 0 saturated carbocycles. The molecule has 8 nitrogen and oxygen atoms in total. The van der Waals surface area contributed by atoms with E-state index < -0.39 is 35.2 Å². The highest BCUT2D eigenvalue weighted by Gasteiger charge is 2.48. The Morgan fingerprint density at radius 1 is 1.33 bits per heavy atom. The van der Waals surface area contributed by atoms with Crippen LogP contribution in [0.2, 0.25) is 0 Å². The normalized spacial score (nSPS) is 35.1. The summed E-state index contributed by atoms with van der Waals surface area (Å²) in [6, 6.07) is 0. The Labute approximate surface area is 179 Å². The van der Waals surface area contributed by atoms with Crippen LogP contribution in [0.1, 0.15) is 46.4 Å². The third-order valence-electron chi connectivity index (χ3n) is 6.06. The molecule has 30 heavy (non-hydrogen) atoms. The molecule has 0 aliphatic carbocycles. The standard InChI is InChI=1S/C21H33NO7S/c1-5-30(26)18-9-22-17(29-18)7-11(2)6-15-20(25)19(24)14(10-27-15)8-16-21(28-16)12(3)13(4)23/h7,9,12-16,19-21,23-25H,5-6,8,10H2,1-4H3/b11-7+/t12-,13-,14-,15-,16-,19+,20-,21-,30?/m0/s1. The maximum absolute atomic E-state index is 11.8. The molecule has 1 aromatic heterocycles. The number of aliphatic hydroxyl groups is 3. The van der Waals surface area contributed by atoms with E-state index in [2.05, 4.69) is 4.98 Å². The Balaban J connectivity index is 1.52. The van der Waals surface area contributed by atoms with Crippen molar-refractivity contribution in [1.29, 1.82) is 0 Å². The fourth-order valence-electron chi connectivity index (χ4n) is 3.89. The summed E-state index contributed by atoms with van der Waals surface area (Å²) in [6.07, 6.45) is 1.29. The number of nitrogens with zero attached hydrogens (tertiary/aromatic N) is 1. The summed E-state index contributed by atoms with van der Waals surface area (Å²) in [7, 11) is -1.19. The quantitative estimate of drug-likeness (QED) is 0.491. The summed E-state index contributed by atoms with van der Waals surface area (Å²) in [6.45, 7) is 7.71. The Morgan fingerprint density at radius 3 is 2.73 bits per heavy atom. The molecule has 0 amide bonds. The summed E-state index contributed by atoms with van der Waals surface area (Å²) in [5.41, 5.74) is 0.872. The van der Waals surface area contributed by atoms with Gasteiger partial charge < -0.3 is 29.2 Å². The first kappa shape index (κ1) is 23.6. The molecule has 3 rings (SSSR count). The minimum atomic E-state index is -1.19. The largest absolute Gasteiger partial charge is 0.428 e. The SMILES string of the molecule is CCS(=O)c1cnc(/C=C(\C)C[C@@H]2OC[C@H](C[C@@H]3O[C@H]3[C@@H](C)[C@H](C)O)[C@@H](O)[C@H]2O)o1. The molecule has 170 valence electrons. The van der Waals surface area contributed by atoms with Crippen molar-refractivity contribution < 1.29 is 33.4 Å². The maximum Gasteiger partial charge on any atom is 0.220 e. The number of hydrogen-bond acceptors (Lipinski definition) is 8. The summed E-state index contributed by atoms with van der Waals surface area (Å²) in [5, 5.41) is 31.2. The summed E-state index contributed by atoms with van der Waals surface area (Å²) < 4.78 is 28.8. The number of ether oxygens (including phenoxy) is 2. The first-order chi connectivity index (χ1) is 14.2. The van der Waals surface area contributed by atoms with Crippen molar-refractivity contribution in [2.75, 3.05) is 12.4 Å². The maximum atomic E-state index is 11.8. The molecular weight excluding hydrogens is 410 g/mol. The van der Waals surface area contributed by atoms with Gasteiger partial charge in [0.2, 0.25) is 11.0 Å². The third-order valence-corrected chi connectivity index (χ3v) is 7.22. The molecule has 0 radical (unpaired) electrons. The predicted octanol–water partition coefficient (Wildman–Crippen LogP) is 1.51. The van der Waals surface area contributed by atoms with E-state index in [1.54, 1.807) is 13.0 Å². The van der Waals surface area contributed by atoms with E-state index in [0.717, 1.165) is 5.57 Å². The van der Waals surface area contributed by atoms with Gasteiger partial charge in [-0.2, -0.15) is 0 Å². The zero-order valence-corrected chi connectivity index (χ0v) is 18.7. The van der Waals surface area contributed by atoms with Crippen LogP contribution in [-0.4, -0.2) is 73.5 Å². The van der Waals surface area contributed by atoms with Crippen molar-refractivity contribution >= 4 is 16.9 Å². The molecule has 3 N–H and O–H groups in total. The van der Waals surface area contributed by atoms with E-state index in [4.69, 9.17) is 13.9 Å². The highest BCUT2D eigenvalue weighted by atomic mass is 32.2. The van der Waals surface area contributed by atoms with Crippen LogP contribution in [0.15, 0.2) is 21.3 Å². The van der Waals surface area contributed by atoms with Gasteiger partial charge in [-0.15, -0.1) is 0 Å². The van der Waals surface area contributed by atoms with Gasteiger partial charge in [-0.05, 0) is 32.8 Å². The number of rotatable bonds is 9. The zero-order valence-electron chi connectivity index (χ0n) is 17.9. The third kappa shape index (κ3) is 5.57. The number of epoxide rings is 1. The van der Waals surface area contributed by atoms with Crippen molar-refractivity contribution in [1.82, 2.24) is 4.98 Å². The lowest BCUT2D eigenvalue weighted by Crippen LogP contribution is -2.50. The van der Waals surface area contributed by atoms with Gasteiger partial charge in [-0.3, -0.25) is 4.21 Å². The number of oxazole rings is 1. The van der Waals surface area contributed by atoms with Gasteiger partial charge >= 0.3 is 0 Å². The lowest BCUT2D eigenvalue weighted by molar-refractivity contribution is -0.165. The van der Waals surface area contributed by atoms with Crippen LogP contribution in [-0.2, 0) is 20.3 Å². The van der Waals surface area contributed by atoms with Crippen molar-refractivity contribution in [3.8, 4) is 0 Å². The predicted molar refractivity (Wildman–Crippen MR) is 111 cm³/mol. The molecule has 2 aliphatic rings. The average Bonchev–Trinajstić information content (AvgIpc) is 3.32. The van der Waals surface area contributed by atoms with Gasteiger partial charge in [0.15, 0.2) is 0 Å². The van der Waals surface area contributed by atoms with Gasteiger partial charge in [0, 0.05) is 17.6 Å². The topological polar surface area (TPSA) is 126 Å². The summed E-state index contributed by atoms with van der Waals surface area (Å²) in [4.78, 5) is 4.12. The van der Waals surface area contributed by atoms with Gasteiger partial charge in [-0.25, -0.2) is 4.98 Å². The lowest BCUT2D eigenvalue weighted by atomic mass is 9.85. The van der Waals surface area contributed by atoms with Gasteiger partial charge in [0.25, 0.3) is 0 Å². The smallest absolute Gasteiger partial charge is 0.220 e. The molecule has 1 unspecified atom stereocenters. The minimum absolute atomic E-state index is 0.00929. The summed E-state index contributed by atoms with van der Waals surface area (Å²) in [5.74, 6) is 0.642. The zero-order chi connectivity index (χ0) is 22.0. The second-order valence-electron chi connectivity index (χ2n) is 8.43. The van der Waals surface area contributed by atoms with E-state index in [0.29, 0.717) is 36.2 Å². The van der Waals surface area contributed by atoms with Gasteiger partial charge in [0.1, 0.15) is 6.10 Å². The van der Waals surface area contributed by atoms with E-state index in [1.165, 1.54) is 6.20 Å². The Bertz CT molecular complexity index is 764. The first-order valence-corrected chi connectivity index (χ1v) is 11.9. The van der Waals surface area contributed by atoms with E-state index in [9.17, 15) is 19.5 Å². The van der Waals surface area contributed by atoms with E-state index in [1.807, 2.05) is 20.8 Å². The fraction of sp³-hybridized carbons (Fsp3) is 0.762. The van der Waals surface area contributed by atoms with Crippen LogP contribution < -0.4 is 0 Å². The minimum Gasteiger partial charge on any atom is -0.428 e. The fourth-order valence-corrected chi connectivity index (χ4v) is 4.52. The lowest BCUT2D eigenvalue weighted by Gasteiger charge is -2.38. The van der Waals surface area contributed by atoms with Crippen molar-refractivity contribution in [3.05, 3.63) is 17.7 Å². The number of hydrogen-bond donors (Lipinski definition) is 3. The molecule has 0 bridgehead atoms. The highest BCUT2D eigenvalue weighted by molar-refractivity contribution is 7.84. The molecular formula is C21H33NO7S. The molecule has 0 spiro atoms. The van der Waals surface area contributed by atoms with Crippen LogP contribution in [0.4, 0.5) is 0 Å². The average molecular weight is 444 g/mol. The van der Waals surface area contributed by atoms with Crippen LogP contribution in [0, 0.1) is 11.8 Å². The Kier molecular flexibility index (Phi) is 7.86. The van der Waals surface area contributed by atoms with Crippen LogP contribution in [0.5, 0.6) is 0 Å². The summed E-state index contributed by atoms with van der Waals surface area (Å²) >= 11 is 0. The van der Waals surface area contributed by atoms with Gasteiger partial charge in [0.05, 0.1) is 54.1 Å². The van der Waals surface area contributed by atoms with E-state index >= 15 is 0 Å². The van der Waals surface area contributed by atoms with Crippen LogP contribution in [0.3, 0.4) is 0 Å². The molecule has 9 atom stereocenters.